The van der Waals surface area contributed by atoms with Gasteiger partial charge < -0.3 is 19.5 Å². The smallest absolute Gasteiger partial charge is 0.328 e. The molecule has 0 bridgehead atoms. The lowest BCUT2D eigenvalue weighted by atomic mass is 10.0. The molecule has 2 atom stereocenters. The van der Waals surface area contributed by atoms with E-state index in [0.717, 1.165) is 5.69 Å². The average Bonchev–Trinajstić information content (AvgIpc) is 2.45. The van der Waals surface area contributed by atoms with Crippen LogP contribution in [0.3, 0.4) is 0 Å². The fourth-order valence-electron chi connectivity index (χ4n) is 1.96. The number of carbonyl (C=O) groups is 1. The van der Waals surface area contributed by atoms with Crippen molar-refractivity contribution < 1.29 is 19.0 Å². The standard InChI is InChI=1S/C15H23NO4/c1-5-20-15(17)14(11(2)10-18-3)16-12-8-6-7-9-13(12)19-4/h6-9,11,14,16H,5,10H2,1-4H3. The van der Waals surface area contributed by atoms with Crippen molar-refractivity contribution in [1.29, 1.82) is 0 Å². The molecule has 0 aliphatic heterocycles. The molecule has 5 heteroatoms. The number of ether oxygens (including phenoxy) is 3. The van der Waals surface area contributed by atoms with Crippen LogP contribution >= 0.6 is 0 Å². The molecule has 0 spiro atoms. The van der Waals surface area contributed by atoms with Gasteiger partial charge in [-0.05, 0) is 19.1 Å². The Bertz CT molecular complexity index is 422. The highest BCUT2D eigenvalue weighted by molar-refractivity contribution is 5.80. The quantitative estimate of drug-likeness (QED) is 0.741. The van der Waals surface area contributed by atoms with Crippen LogP contribution in [-0.4, -0.2) is 39.4 Å². The second kappa shape index (κ2) is 8.43. The van der Waals surface area contributed by atoms with Crippen molar-refractivity contribution in [3.8, 4) is 5.75 Å². The molecule has 1 aromatic rings. The van der Waals surface area contributed by atoms with Gasteiger partial charge in [0.15, 0.2) is 0 Å². The molecule has 0 amide bonds. The predicted octanol–water partition coefficient (Wildman–Crippen LogP) is 2.32. The van der Waals surface area contributed by atoms with Gasteiger partial charge in [0.05, 0.1) is 26.0 Å². The number of anilines is 1. The Morgan fingerprint density at radius 2 is 2.00 bits per heavy atom. The molecule has 0 aliphatic rings. The van der Waals surface area contributed by atoms with Gasteiger partial charge in [-0.15, -0.1) is 0 Å². The second-order valence-electron chi connectivity index (χ2n) is 4.51. The molecule has 1 rings (SSSR count). The minimum Gasteiger partial charge on any atom is -0.495 e. The van der Waals surface area contributed by atoms with Crippen LogP contribution in [0.4, 0.5) is 5.69 Å². The van der Waals surface area contributed by atoms with E-state index >= 15 is 0 Å². The Morgan fingerprint density at radius 3 is 2.60 bits per heavy atom. The van der Waals surface area contributed by atoms with Crippen LogP contribution in [0.1, 0.15) is 13.8 Å². The number of esters is 1. The van der Waals surface area contributed by atoms with E-state index in [1.165, 1.54) is 0 Å². The normalized spacial score (nSPS) is 13.4. The van der Waals surface area contributed by atoms with Crippen molar-refractivity contribution in [1.82, 2.24) is 0 Å². The van der Waals surface area contributed by atoms with E-state index < -0.39 is 6.04 Å². The fourth-order valence-corrected chi connectivity index (χ4v) is 1.96. The zero-order valence-electron chi connectivity index (χ0n) is 12.5. The molecule has 0 saturated carbocycles. The maximum atomic E-state index is 12.1. The first-order chi connectivity index (χ1) is 9.63. The zero-order valence-corrected chi connectivity index (χ0v) is 12.5. The molecule has 5 nitrogen and oxygen atoms in total. The number of carbonyl (C=O) groups excluding carboxylic acids is 1. The lowest BCUT2D eigenvalue weighted by Crippen LogP contribution is -2.39. The Hall–Kier alpha value is -1.75. The molecular weight excluding hydrogens is 258 g/mol. The van der Waals surface area contributed by atoms with Gasteiger partial charge in [-0.2, -0.15) is 0 Å². The second-order valence-corrected chi connectivity index (χ2v) is 4.51. The Morgan fingerprint density at radius 1 is 1.30 bits per heavy atom. The summed E-state index contributed by atoms with van der Waals surface area (Å²) in [5.74, 6) is 0.373. The maximum Gasteiger partial charge on any atom is 0.328 e. The minimum absolute atomic E-state index is 0.0241. The third-order valence-electron chi connectivity index (χ3n) is 2.96. The van der Waals surface area contributed by atoms with Gasteiger partial charge in [0.25, 0.3) is 0 Å². The average molecular weight is 281 g/mol. The van der Waals surface area contributed by atoms with Gasteiger partial charge in [-0.3, -0.25) is 0 Å². The van der Waals surface area contributed by atoms with Crippen molar-refractivity contribution in [3.63, 3.8) is 0 Å². The maximum absolute atomic E-state index is 12.1. The van der Waals surface area contributed by atoms with Crippen LogP contribution in [0.25, 0.3) is 0 Å². The van der Waals surface area contributed by atoms with Gasteiger partial charge in [-0.1, -0.05) is 19.1 Å². The molecule has 0 fully saturated rings. The van der Waals surface area contributed by atoms with E-state index in [0.29, 0.717) is 19.0 Å². The van der Waals surface area contributed by atoms with Gasteiger partial charge in [0, 0.05) is 13.0 Å². The van der Waals surface area contributed by atoms with Crippen molar-refractivity contribution >= 4 is 11.7 Å². The zero-order chi connectivity index (χ0) is 15.0. The summed E-state index contributed by atoms with van der Waals surface area (Å²) < 4.78 is 15.5. The molecular formula is C15H23NO4. The lowest BCUT2D eigenvalue weighted by molar-refractivity contribution is -0.145. The summed E-state index contributed by atoms with van der Waals surface area (Å²) >= 11 is 0. The summed E-state index contributed by atoms with van der Waals surface area (Å²) in [4.78, 5) is 12.1. The molecule has 0 saturated heterocycles. The SMILES string of the molecule is CCOC(=O)C(Nc1ccccc1OC)C(C)COC. The van der Waals surface area contributed by atoms with Gasteiger partial charge in [0.1, 0.15) is 11.8 Å². The summed E-state index contributed by atoms with van der Waals surface area (Å²) in [6.45, 7) is 4.54. The first-order valence-electron chi connectivity index (χ1n) is 6.69. The number of hydrogen-bond donors (Lipinski definition) is 1. The van der Waals surface area contributed by atoms with E-state index in [4.69, 9.17) is 14.2 Å². The first-order valence-corrected chi connectivity index (χ1v) is 6.69. The molecule has 0 aromatic heterocycles. The molecule has 0 aliphatic carbocycles. The highest BCUT2D eigenvalue weighted by atomic mass is 16.5. The van der Waals surface area contributed by atoms with Gasteiger partial charge in [-0.25, -0.2) is 4.79 Å². The molecule has 2 unspecified atom stereocenters. The fraction of sp³-hybridized carbons (Fsp3) is 0.533. The van der Waals surface area contributed by atoms with Crippen molar-refractivity contribution in [2.24, 2.45) is 5.92 Å². The van der Waals surface area contributed by atoms with Gasteiger partial charge in [0.2, 0.25) is 0 Å². The lowest BCUT2D eigenvalue weighted by Gasteiger charge is -2.24. The first kappa shape index (κ1) is 16.3. The van der Waals surface area contributed by atoms with Crippen molar-refractivity contribution in [2.75, 3.05) is 32.8 Å². The number of nitrogens with one attached hydrogen (secondary N) is 1. The Kier molecular flexibility index (Phi) is 6.87. The number of hydrogen-bond acceptors (Lipinski definition) is 5. The number of rotatable bonds is 8. The van der Waals surface area contributed by atoms with E-state index in [9.17, 15) is 4.79 Å². The topological polar surface area (TPSA) is 56.8 Å². The minimum atomic E-state index is -0.480. The van der Waals surface area contributed by atoms with Crippen molar-refractivity contribution in [2.45, 2.75) is 19.9 Å². The predicted molar refractivity (Wildman–Crippen MR) is 78.1 cm³/mol. The highest BCUT2D eigenvalue weighted by Gasteiger charge is 2.27. The van der Waals surface area contributed by atoms with Crippen LogP contribution in [-0.2, 0) is 14.3 Å². The van der Waals surface area contributed by atoms with E-state index in [1.807, 2.05) is 31.2 Å². The van der Waals surface area contributed by atoms with E-state index in [-0.39, 0.29) is 11.9 Å². The Balaban J connectivity index is 2.90. The molecule has 1 N–H and O–H groups in total. The summed E-state index contributed by atoms with van der Waals surface area (Å²) in [7, 11) is 3.21. The van der Waals surface area contributed by atoms with Crippen LogP contribution in [0.15, 0.2) is 24.3 Å². The number of methoxy groups -OCH3 is 2. The van der Waals surface area contributed by atoms with Crippen LogP contribution in [0.2, 0.25) is 0 Å². The number of para-hydroxylation sites is 2. The third-order valence-corrected chi connectivity index (χ3v) is 2.96. The van der Waals surface area contributed by atoms with E-state index in [2.05, 4.69) is 5.32 Å². The van der Waals surface area contributed by atoms with Crippen LogP contribution < -0.4 is 10.1 Å². The molecule has 0 heterocycles. The van der Waals surface area contributed by atoms with Crippen LogP contribution in [0, 0.1) is 5.92 Å². The number of benzene rings is 1. The summed E-state index contributed by atoms with van der Waals surface area (Å²) in [6.07, 6.45) is 0. The third kappa shape index (κ3) is 4.42. The molecule has 0 radical (unpaired) electrons. The Labute approximate surface area is 120 Å². The van der Waals surface area contributed by atoms with Gasteiger partial charge >= 0.3 is 5.97 Å². The van der Waals surface area contributed by atoms with Crippen LogP contribution in [0.5, 0.6) is 5.75 Å². The molecule has 20 heavy (non-hydrogen) atoms. The monoisotopic (exact) mass is 281 g/mol. The molecule has 1 aromatic carbocycles. The highest BCUT2D eigenvalue weighted by Crippen LogP contribution is 2.25. The summed E-state index contributed by atoms with van der Waals surface area (Å²) in [5, 5.41) is 3.19. The largest absolute Gasteiger partial charge is 0.495 e. The molecule has 112 valence electrons. The van der Waals surface area contributed by atoms with E-state index in [1.54, 1.807) is 21.1 Å². The summed E-state index contributed by atoms with van der Waals surface area (Å²) in [6, 6.07) is 6.98. The van der Waals surface area contributed by atoms with Crippen molar-refractivity contribution in [3.05, 3.63) is 24.3 Å². The summed E-state index contributed by atoms with van der Waals surface area (Å²) in [5.41, 5.74) is 0.760.